The predicted octanol–water partition coefficient (Wildman–Crippen LogP) is 2.74. The van der Waals surface area contributed by atoms with Gasteiger partial charge >= 0.3 is 5.97 Å². The molecule has 0 amide bonds. The molecule has 1 atom stereocenters. The summed E-state index contributed by atoms with van der Waals surface area (Å²) in [5, 5.41) is 18.8. The monoisotopic (exact) mass is 226 g/mol. The van der Waals surface area contributed by atoms with Crippen LogP contribution in [0, 0.1) is 5.92 Å². The summed E-state index contributed by atoms with van der Waals surface area (Å²) in [5.74, 6) is -0.285. The molecule has 2 N–H and O–H groups in total. The summed E-state index contributed by atoms with van der Waals surface area (Å²) in [6, 6.07) is 0. The zero-order chi connectivity index (χ0) is 12.0. The Morgan fingerprint density at radius 2 is 2.06 bits per heavy atom. The molecule has 1 unspecified atom stereocenters. The summed E-state index contributed by atoms with van der Waals surface area (Å²) in [4.78, 5) is 10.9. The lowest BCUT2D eigenvalue weighted by molar-refractivity contribution is -0.133. The summed E-state index contributed by atoms with van der Waals surface area (Å²) in [6.07, 6.45) is 8.08. The molecule has 0 bridgehead atoms. The first-order valence-corrected chi connectivity index (χ1v) is 6.26. The lowest BCUT2D eigenvalue weighted by Gasteiger charge is -2.14. The van der Waals surface area contributed by atoms with Crippen LogP contribution >= 0.6 is 0 Å². The highest BCUT2D eigenvalue weighted by atomic mass is 16.4. The lowest BCUT2D eigenvalue weighted by Crippen LogP contribution is -2.18. The number of carbonyl (C=O) groups is 1. The Hall–Kier alpha value is -0.830. The van der Waals surface area contributed by atoms with Gasteiger partial charge in [0, 0.05) is 0 Å². The maximum absolute atomic E-state index is 10.9. The van der Waals surface area contributed by atoms with E-state index in [4.69, 9.17) is 5.11 Å². The smallest absolute Gasteiger partial charge is 0.333 e. The molecule has 3 nitrogen and oxygen atoms in total. The SMILES string of the molecule is CC/C=C(\C(=O)O)C(O)CCC1CCCC1. The van der Waals surface area contributed by atoms with Gasteiger partial charge in [-0.15, -0.1) is 0 Å². The van der Waals surface area contributed by atoms with E-state index in [0.717, 1.165) is 6.42 Å². The van der Waals surface area contributed by atoms with Gasteiger partial charge in [-0.2, -0.15) is 0 Å². The van der Waals surface area contributed by atoms with E-state index in [-0.39, 0.29) is 5.57 Å². The number of hydrogen-bond donors (Lipinski definition) is 2. The van der Waals surface area contributed by atoms with Crippen LogP contribution in [0.5, 0.6) is 0 Å². The predicted molar refractivity (Wildman–Crippen MR) is 63.2 cm³/mol. The second kappa shape index (κ2) is 6.69. The van der Waals surface area contributed by atoms with E-state index >= 15 is 0 Å². The average Bonchev–Trinajstić information content (AvgIpc) is 2.75. The highest BCUT2D eigenvalue weighted by Crippen LogP contribution is 2.29. The van der Waals surface area contributed by atoms with Crippen LogP contribution in [0.25, 0.3) is 0 Å². The molecule has 3 heteroatoms. The van der Waals surface area contributed by atoms with Crippen molar-refractivity contribution in [2.45, 2.75) is 58.0 Å². The van der Waals surface area contributed by atoms with Crippen LogP contribution in [-0.4, -0.2) is 22.3 Å². The van der Waals surface area contributed by atoms with Crippen LogP contribution < -0.4 is 0 Å². The van der Waals surface area contributed by atoms with E-state index in [2.05, 4.69) is 0 Å². The molecule has 1 aliphatic rings. The van der Waals surface area contributed by atoms with Crippen LogP contribution in [0.2, 0.25) is 0 Å². The molecule has 0 spiro atoms. The normalized spacial score (nSPS) is 20.0. The second-order valence-corrected chi connectivity index (χ2v) is 4.62. The maximum atomic E-state index is 10.9. The summed E-state index contributed by atoms with van der Waals surface area (Å²) in [6.45, 7) is 1.88. The highest BCUT2D eigenvalue weighted by Gasteiger charge is 2.20. The number of aliphatic hydroxyl groups is 1. The van der Waals surface area contributed by atoms with Crippen molar-refractivity contribution >= 4 is 5.97 Å². The van der Waals surface area contributed by atoms with Crippen molar-refractivity contribution in [1.82, 2.24) is 0 Å². The third-order valence-electron chi connectivity index (χ3n) is 3.35. The summed E-state index contributed by atoms with van der Waals surface area (Å²) in [7, 11) is 0. The number of aliphatic hydroxyl groups excluding tert-OH is 1. The summed E-state index contributed by atoms with van der Waals surface area (Å²) in [5.41, 5.74) is 0.167. The third-order valence-corrected chi connectivity index (χ3v) is 3.35. The molecule has 1 fully saturated rings. The average molecular weight is 226 g/mol. The number of aliphatic carboxylic acids is 1. The Labute approximate surface area is 97.2 Å². The van der Waals surface area contributed by atoms with Gasteiger partial charge in [0.2, 0.25) is 0 Å². The molecule has 0 aromatic heterocycles. The fraction of sp³-hybridized carbons (Fsp3) is 0.769. The molecule has 1 rings (SSSR count). The molecule has 1 aliphatic carbocycles. The van der Waals surface area contributed by atoms with Gasteiger partial charge in [-0.05, 0) is 25.2 Å². The topological polar surface area (TPSA) is 57.5 Å². The minimum absolute atomic E-state index is 0.167. The van der Waals surface area contributed by atoms with E-state index in [0.29, 0.717) is 18.8 Å². The van der Waals surface area contributed by atoms with E-state index in [9.17, 15) is 9.90 Å². The zero-order valence-electron chi connectivity index (χ0n) is 9.98. The van der Waals surface area contributed by atoms with Gasteiger partial charge in [0.1, 0.15) is 0 Å². The van der Waals surface area contributed by atoms with Gasteiger partial charge in [0.05, 0.1) is 11.7 Å². The molecule has 16 heavy (non-hydrogen) atoms. The van der Waals surface area contributed by atoms with Crippen LogP contribution in [-0.2, 0) is 4.79 Å². The number of rotatable bonds is 6. The van der Waals surface area contributed by atoms with Gasteiger partial charge in [-0.3, -0.25) is 0 Å². The second-order valence-electron chi connectivity index (χ2n) is 4.62. The van der Waals surface area contributed by atoms with Crippen molar-refractivity contribution in [2.24, 2.45) is 5.92 Å². The van der Waals surface area contributed by atoms with Crippen LogP contribution in [0.4, 0.5) is 0 Å². The first-order chi connectivity index (χ1) is 7.65. The van der Waals surface area contributed by atoms with Gasteiger partial charge < -0.3 is 10.2 Å². The van der Waals surface area contributed by atoms with Gasteiger partial charge in [0.15, 0.2) is 0 Å². The van der Waals surface area contributed by atoms with E-state index in [1.165, 1.54) is 25.7 Å². The molecule has 0 aromatic carbocycles. The molecule has 0 saturated heterocycles. The van der Waals surface area contributed by atoms with Crippen molar-refractivity contribution in [1.29, 1.82) is 0 Å². The van der Waals surface area contributed by atoms with Crippen LogP contribution in [0.1, 0.15) is 51.9 Å². The molecule has 0 aromatic rings. The zero-order valence-corrected chi connectivity index (χ0v) is 9.98. The molecule has 92 valence electrons. The highest BCUT2D eigenvalue weighted by molar-refractivity contribution is 5.87. The maximum Gasteiger partial charge on any atom is 0.333 e. The summed E-state index contributed by atoms with van der Waals surface area (Å²) < 4.78 is 0. The first kappa shape index (κ1) is 13.2. The van der Waals surface area contributed by atoms with Crippen molar-refractivity contribution in [2.75, 3.05) is 0 Å². The number of allylic oxidation sites excluding steroid dienone is 1. The summed E-state index contributed by atoms with van der Waals surface area (Å²) >= 11 is 0. The van der Waals surface area contributed by atoms with Crippen LogP contribution in [0.15, 0.2) is 11.6 Å². The van der Waals surface area contributed by atoms with Gasteiger partial charge in [0.25, 0.3) is 0 Å². The number of carboxylic acids is 1. The molecule has 0 radical (unpaired) electrons. The number of carboxylic acid groups (broad SMARTS) is 1. The fourth-order valence-corrected chi connectivity index (χ4v) is 2.43. The quantitative estimate of drug-likeness (QED) is 0.685. The van der Waals surface area contributed by atoms with Crippen molar-refractivity contribution in [3.05, 3.63) is 11.6 Å². The minimum Gasteiger partial charge on any atom is -0.478 e. The fourth-order valence-electron chi connectivity index (χ4n) is 2.43. The molecular formula is C13H22O3. The lowest BCUT2D eigenvalue weighted by atomic mass is 9.96. The molecule has 0 heterocycles. The van der Waals surface area contributed by atoms with E-state index in [1.54, 1.807) is 6.08 Å². The molecule has 0 aliphatic heterocycles. The molecule has 1 saturated carbocycles. The standard InChI is InChI=1S/C13H22O3/c1-2-5-11(13(15)16)12(14)9-8-10-6-3-4-7-10/h5,10,12,14H,2-4,6-9H2,1H3,(H,15,16)/b11-5-. The van der Waals surface area contributed by atoms with E-state index in [1.807, 2.05) is 6.92 Å². The number of hydrogen-bond acceptors (Lipinski definition) is 2. The van der Waals surface area contributed by atoms with Crippen molar-refractivity contribution in [3.8, 4) is 0 Å². The van der Waals surface area contributed by atoms with Crippen molar-refractivity contribution < 1.29 is 15.0 Å². The Kier molecular flexibility index (Phi) is 5.53. The van der Waals surface area contributed by atoms with E-state index < -0.39 is 12.1 Å². The Balaban J connectivity index is 2.39. The van der Waals surface area contributed by atoms with Gasteiger partial charge in [-0.1, -0.05) is 38.7 Å². The Morgan fingerprint density at radius 1 is 1.44 bits per heavy atom. The Bertz CT molecular complexity index is 252. The third kappa shape index (κ3) is 3.97. The van der Waals surface area contributed by atoms with Crippen LogP contribution in [0.3, 0.4) is 0 Å². The minimum atomic E-state index is -0.985. The van der Waals surface area contributed by atoms with Crippen molar-refractivity contribution in [3.63, 3.8) is 0 Å². The Morgan fingerprint density at radius 3 is 2.56 bits per heavy atom. The molecular weight excluding hydrogens is 204 g/mol. The first-order valence-electron chi connectivity index (χ1n) is 6.26. The largest absolute Gasteiger partial charge is 0.478 e. The van der Waals surface area contributed by atoms with Gasteiger partial charge in [-0.25, -0.2) is 4.79 Å².